The molecule has 0 atom stereocenters. The molecular formula is C29H42BrN3O3. The van der Waals surface area contributed by atoms with Gasteiger partial charge in [0, 0.05) is 54.6 Å². The summed E-state index contributed by atoms with van der Waals surface area (Å²) in [6.07, 6.45) is 8.36. The summed E-state index contributed by atoms with van der Waals surface area (Å²) in [5.41, 5.74) is 1.79. The van der Waals surface area contributed by atoms with Crippen LogP contribution in [-0.2, 0) is 27.4 Å². The number of ether oxygens (including phenoxy) is 1. The lowest BCUT2D eigenvalue weighted by molar-refractivity contribution is -0.147. The van der Waals surface area contributed by atoms with Crippen LogP contribution in [0, 0.1) is 5.41 Å². The van der Waals surface area contributed by atoms with Gasteiger partial charge in [-0.3, -0.25) is 9.59 Å². The van der Waals surface area contributed by atoms with Gasteiger partial charge in [-0.25, -0.2) is 0 Å². The van der Waals surface area contributed by atoms with Crippen LogP contribution in [0.4, 0.5) is 0 Å². The number of aromatic nitrogens is 1. The van der Waals surface area contributed by atoms with Gasteiger partial charge in [0.15, 0.2) is 0 Å². The molecule has 0 spiro atoms. The van der Waals surface area contributed by atoms with E-state index in [1.54, 1.807) is 12.0 Å². The number of hydrogen-bond donors (Lipinski definition) is 0. The third kappa shape index (κ3) is 8.20. The first-order valence-electron chi connectivity index (χ1n) is 13.2. The van der Waals surface area contributed by atoms with Crippen LogP contribution in [0.5, 0.6) is 0 Å². The van der Waals surface area contributed by atoms with E-state index >= 15 is 0 Å². The zero-order chi connectivity index (χ0) is 26.1. The zero-order valence-electron chi connectivity index (χ0n) is 22.3. The highest BCUT2D eigenvalue weighted by Gasteiger charge is 2.32. The highest BCUT2D eigenvalue weighted by Crippen LogP contribution is 2.26. The Morgan fingerprint density at radius 1 is 1.08 bits per heavy atom. The fraction of sp³-hybridized carbons (Fsp3) is 0.586. The van der Waals surface area contributed by atoms with E-state index in [4.69, 9.17) is 4.74 Å². The fourth-order valence-electron chi connectivity index (χ4n) is 4.90. The van der Waals surface area contributed by atoms with Crippen LogP contribution in [0.25, 0.3) is 0 Å². The van der Waals surface area contributed by atoms with Crippen molar-refractivity contribution in [1.29, 1.82) is 0 Å². The Bertz CT molecular complexity index is 974. The van der Waals surface area contributed by atoms with E-state index in [2.05, 4.69) is 63.1 Å². The van der Waals surface area contributed by atoms with Crippen molar-refractivity contribution in [3.05, 3.63) is 58.3 Å². The van der Waals surface area contributed by atoms with Crippen molar-refractivity contribution in [2.24, 2.45) is 5.41 Å². The molecule has 0 aliphatic heterocycles. The van der Waals surface area contributed by atoms with Gasteiger partial charge in [-0.15, -0.1) is 0 Å². The standard InChI is InChI=1S/C29H42BrN3O3/c1-29(2,3)28(35)32(18-9-19-36-4)22-27(34)33(25-10-6-5-7-11-25)21-26-12-8-17-31(26)20-23-13-15-24(30)16-14-23/h8,12-17,25H,5-7,9-11,18-22H2,1-4H3. The third-order valence-electron chi connectivity index (χ3n) is 6.89. The predicted molar refractivity (Wildman–Crippen MR) is 148 cm³/mol. The van der Waals surface area contributed by atoms with Gasteiger partial charge in [-0.05, 0) is 49.1 Å². The first kappa shape index (κ1) is 28.5. The Morgan fingerprint density at radius 3 is 2.42 bits per heavy atom. The molecule has 36 heavy (non-hydrogen) atoms. The molecule has 0 saturated heterocycles. The molecule has 1 aromatic heterocycles. The molecule has 0 unspecified atom stereocenters. The maximum absolute atomic E-state index is 13.8. The minimum absolute atomic E-state index is 0.00848. The van der Waals surface area contributed by atoms with Gasteiger partial charge in [0.05, 0.1) is 13.1 Å². The van der Waals surface area contributed by atoms with E-state index < -0.39 is 5.41 Å². The number of carbonyl (C=O) groups excluding carboxylic acids is 2. The van der Waals surface area contributed by atoms with Gasteiger partial charge in [0.1, 0.15) is 0 Å². The molecule has 2 amide bonds. The Morgan fingerprint density at radius 2 is 1.78 bits per heavy atom. The van der Waals surface area contributed by atoms with Gasteiger partial charge >= 0.3 is 0 Å². The molecule has 0 N–H and O–H groups in total. The van der Waals surface area contributed by atoms with E-state index in [1.807, 2.05) is 25.7 Å². The van der Waals surface area contributed by atoms with Crippen molar-refractivity contribution in [1.82, 2.24) is 14.4 Å². The van der Waals surface area contributed by atoms with Crippen molar-refractivity contribution < 1.29 is 14.3 Å². The number of methoxy groups -OCH3 is 1. The summed E-state index contributed by atoms with van der Waals surface area (Å²) in [7, 11) is 1.66. The monoisotopic (exact) mass is 559 g/mol. The van der Waals surface area contributed by atoms with Gasteiger partial charge in [-0.2, -0.15) is 0 Å². The molecule has 1 aliphatic rings. The normalized spacial score (nSPS) is 14.6. The smallest absolute Gasteiger partial charge is 0.242 e. The number of carbonyl (C=O) groups is 2. The van der Waals surface area contributed by atoms with Crippen LogP contribution >= 0.6 is 15.9 Å². The quantitative estimate of drug-likeness (QED) is 0.323. The molecule has 1 heterocycles. The summed E-state index contributed by atoms with van der Waals surface area (Å²) < 4.78 is 8.49. The second-order valence-corrected chi connectivity index (χ2v) is 11.8. The van der Waals surface area contributed by atoms with E-state index in [0.29, 0.717) is 26.1 Å². The zero-order valence-corrected chi connectivity index (χ0v) is 23.9. The summed E-state index contributed by atoms with van der Waals surface area (Å²) in [5.74, 6) is 0.0440. The largest absolute Gasteiger partial charge is 0.385 e. The van der Waals surface area contributed by atoms with Crippen molar-refractivity contribution in [2.45, 2.75) is 78.4 Å². The molecule has 198 valence electrons. The predicted octanol–water partition coefficient (Wildman–Crippen LogP) is 5.87. The molecule has 1 saturated carbocycles. The fourth-order valence-corrected chi connectivity index (χ4v) is 5.17. The maximum atomic E-state index is 13.8. The average molecular weight is 561 g/mol. The Kier molecular flexibility index (Phi) is 10.6. The summed E-state index contributed by atoms with van der Waals surface area (Å²) >= 11 is 3.51. The van der Waals surface area contributed by atoms with Crippen LogP contribution in [0.2, 0.25) is 0 Å². The van der Waals surface area contributed by atoms with E-state index in [-0.39, 0.29) is 24.4 Å². The van der Waals surface area contributed by atoms with E-state index in [9.17, 15) is 9.59 Å². The maximum Gasteiger partial charge on any atom is 0.242 e. The third-order valence-corrected chi connectivity index (χ3v) is 7.42. The first-order valence-corrected chi connectivity index (χ1v) is 13.9. The lowest BCUT2D eigenvalue weighted by Gasteiger charge is -2.37. The molecular weight excluding hydrogens is 518 g/mol. The lowest BCUT2D eigenvalue weighted by Crippen LogP contribution is -2.50. The lowest BCUT2D eigenvalue weighted by atomic mass is 9.93. The van der Waals surface area contributed by atoms with Gasteiger partial charge in [0.2, 0.25) is 11.8 Å². The minimum atomic E-state index is -0.539. The second kappa shape index (κ2) is 13.4. The summed E-state index contributed by atoms with van der Waals surface area (Å²) in [4.78, 5) is 30.8. The van der Waals surface area contributed by atoms with Crippen LogP contribution in [0.1, 0.15) is 70.6 Å². The Labute approximate surface area is 225 Å². The topological polar surface area (TPSA) is 54.8 Å². The van der Waals surface area contributed by atoms with Crippen molar-refractivity contribution in [2.75, 3.05) is 26.8 Å². The summed E-state index contributed by atoms with van der Waals surface area (Å²) in [6.45, 7) is 8.26. The number of nitrogens with zero attached hydrogens (tertiary/aromatic N) is 3. The second-order valence-electron chi connectivity index (χ2n) is 10.9. The molecule has 0 bridgehead atoms. The number of hydrogen-bond acceptors (Lipinski definition) is 3. The van der Waals surface area contributed by atoms with Crippen molar-refractivity contribution in [3.8, 4) is 0 Å². The molecule has 0 radical (unpaired) electrons. The Balaban J connectivity index is 1.79. The molecule has 2 aromatic rings. The van der Waals surface area contributed by atoms with Gasteiger partial charge in [-0.1, -0.05) is 68.1 Å². The number of rotatable bonds is 11. The Hall–Kier alpha value is -2.12. The molecule has 1 aliphatic carbocycles. The molecule has 3 rings (SSSR count). The van der Waals surface area contributed by atoms with E-state index in [1.165, 1.54) is 12.0 Å². The first-order chi connectivity index (χ1) is 17.2. The van der Waals surface area contributed by atoms with Crippen LogP contribution in [0.15, 0.2) is 47.1 Å². The highest BCUT2D eigenvalue weighted by atomic mass is 79.9. The van der Waals surface area contributed by atoms with Crippen LogP contribution in [-0.4, -0.2) is 59.0 Å². The number of benzene rings is 1. The molecule has 6 nitrogen and oxygen atoms in total. The van der Waals surface area contributed by atoms with Crippen LogP contribution in [0.3, 0.4) is 0 Å². The minimum Gasteiger partial charge on any atom is -0.385 e. The van der Waals surface area contributed by atoms with Crippen molar-refractivity contribution >= 4 is 27.7 Å². The van der Waals surface area contributed by atoms with Crippen molar-refractivity contribution in [3.63, 3.8) is 0 Å². The highest BCUT2D eigenvalue weighted by molar-refractivity contribution is 9.10. The number of halogens is 1. The van der Waals surface area contributed by atoms with Gasteiger partial charge in [0.25, 0.3) is 0 Å². The van der Waals surface area contributed by atoms with Gasteiger partial charge < -0.3 is 19.1 Å². The summed E-state index contributed by atoms with van der Waals surface area (Å²) in [6, 6.07) is 12.7. The SMILES string of the molecule is COCCCN(CC(=O)N(Cc1cccn1Cc1ccc(Br)cc1)C1CCCCC1)C(=O)C(C)(C)C. The van der Waals surface area contributed by atoms with E-state index in [0.717, 1.165) is 42.4 Å². The molecule has 7 heteroatoms. The molecule has 1 aromatic carbocycles. The summed E-state index contributed by atoms with van der Waals surface area (Å²) in [5, 5.41) is 0. The molecule has 1 fully saturated rings. The number of amides is 2. The van der Waals surface area contributed by atoms with Crippen LogP contribution < -0.4 is 0 Å². The average Bonchev–Trinajstić information content (AvgIpc) is 3.29.